The van der Waals surface area contributed by atoms with Crippen molar-refractivity contribution in [1.82, 2.24) is 9.71 Å². The molecule has 1 fully saturated rings. The number of halogens is 3. The standard InChI is InChI=1S/C16H23ClF2N2O2S/c1-14(2,3)24(23)21-13(12-10-11(17)4-9-20-12)15(22)5-7-16(18,19)8-6-15/h4,9-10,13,21-22H,5-8H2,1-3H3. The van der Waals surface area contributed by atoms with Gasteiger partial charge in [0.05, 0.1) is 11.3 Å². The minimum Gasteiger partial charge on any atom is -0.598 e. The first-order valence-electron chi connectivity index (χ1n) is 7.83. The number of alkyl halides is 2. The van der Waals surface area contributed by atoms with Crippen LogP contribution in [0.5, 0.6) is 0 Å². The van der Waals surface area contributed by atoms with Crippen LogP contribution in [0.15, 0.2) is 18.3 Å². The van der Waals surface area contributed by atoms with Gasteiger partial charge >= 0.3 is 0 Å². The zero-order chi connectivity index (χ0) is 18.2. The van der Waals surface area contributed by atoms with E-state index in [9.17, 15) is 18.4 Å². The second-order valence-electron chi connectivity index (χ2n) is 7.29. The minimum absolute atomic E-state index is 0.104. The lowest BCUT2D eigenvalue weighted by Crippen LogP contribution is -2.52. The molecule has 136 valence electrons. The molecule has 1 aromatic rings. The number of nitrogens with zero attached hydrogens (tertiary/aromatic N) is 1. The summed E-state index contributed by atoms with van der Waals surface area (Å²) in [5, 5.41) is 11.4. The number of rotatable bonds is 4. The van der Waals surface area contributed by atoms with Gasteiger partial charge in [-0.05, 0) is 45.7 Å². The fourth-order valence-corrected chi connectivity index (χ4v) is 3.72. The maximum Gasteiger partial charge on any atom is 0.248 e. The third-order valence-corrected chi connectivity index (χ3v) is 6.00. The van der Waals surface area contributed by atoms with E-state index < -0.39 is 46.5 Å². The van der Waals surface area contributed by atoms with Gasteiger partial charge in [-0.3, -0.25) is 4.98 Å². The lowest BCUT2D eigenvalue weighted by Gasteiger charge is -2.42. The highest BCUT2D eigenvalue weighted by atomic mass is 35.5. The normalized spacial score (nSPS) is 22.8. The summed E-state index contributed by atoms with van der Waals surface area (Å²) in [6.07, 6.45) is 0.447. The van der Waals surface area contributed by atoms with Crippen LogP contribution in [-0.2, 0) is 11.4 Å². The molecule has 0 amide bonds. The van der Waals surface area contributed by atoms with E-state index in [0.717, 1.165) is 0 Å². The molecule has 2 rings (SSSR count). The maximum absolute atomic E-state index is 13.5. The molecule has 2 N–H and O–H groups in total. The van der Waals surface area contributed by atoms with E-state index in [1.807, 2.05) is 0 Å². The Bertz CT molecular complexity index is 573. The number of aromatic nitrogens is 1. The van der Waals surface area contributed by atoms with E-state index in [-0.39, 0.29) is 12.8 Å². The summed E-state index contributed by atoms with van der Waals surface area (Å²) in [5.41, 5.74) is -1.06. The Kier molecular flexibility index (Phi) is 5.82. The van der Waals surface area contributed by atoms with Crippen LogP contribution in [0.25, 0.3) is 0 Å². The second-order valence-corrected chi connectivity index (χ2v) is 9.72. The van der Waals surface area contributed by atoms with Crippen LogP contribution in [-0.4, -0.2) is 30.9 Å². The molecular formula is C16H23ClF2N2O2S. The second kappa shape index (κ2) is 7.03. The summed E-state index contributed by atoms with van der Waals surface area (Å²) in [7, 11) is 0. The number of aliphatic hydroxyl groups is 1. The van der Waals surface area contributed by atoms with Gasteiger partial charge in [0.2, 0.25) is 5.92 Å². The summed E-state index contributed by atoms with van der Waals surface area (Å²) in [5.74, 6) is -2.78. The van der Waals surface area contributed by atoms with Gasteiger partial charge in [-0.25, -0.2) is 8.78 Å². The lowest BCUT2D eigenvalue weighted by molar-refractivity contribution is -0.115. The molecule has 0 aliphatic heterocycles. The van der Waals surface area contributed by atoms with Gasteiger partial charge in [0.15, 0.2) is 0 Å². The lowest BCUT2D eigenvalue weighted by atomic mass is 9.77. The van der Waals surface area contributed by atoms with Crippen LogP contribution in [0.1, 0.15) is 58.2 Å². The Morgan fingerprint density at radius 3 is 2.42 bits per heavy atom. The number of nitrogens with one attached hydrogen (secondary N) is 1. The average molecular weight is 381 g/mol. The van der Waals surface area contributed by atoms with E-state index in [4.69, 9.17) is 11.6 Å². The molecule has 1 aromatic heterocycles. The number of hydrogen-bond acceptors (Lipinski definition) is 4. The van der Waals surface area contributed by atoms with Crippen molar-refractivity contribution in [1.29, 1.82) is 0 Å². The summed E-state index contributed by atoms with van der Waals surface area (Å²) < 4.78 is 41.8. The molecule has 0 spiro atoms. The van der Waals surface area contributed by atoms with Crippen LogP contribution in [0.2, 0.25) is 5.02 Å². The van der Waals surface area contributed by atoms with Crippen molar-refractivity contribution in [2.45, 2.75) is 68.8 Å². The van der Waals surface area contributed by atoms with Gasteiger partial charge in [-0.2, -0.15) is 0 Å². The molecule has 0 aromatic carbocycles. The predicted molar refractivity (Wildman–Crippen MR) is 91.4 cm³/mol. The average Bonchev–Trinajstić information content (AvgIpc) is 2.47. The third-order valence-electron chi connectivity index (χ3n) is 4.20. The molecule has 1 saturated carbocycles. The molecule has 0 saturated heterocycles. The van der Waals surface area contributed by atoms with E-state index in [2.05, 4.69) is 9.71 Å². The van der Waals surface area contributed by atoms with Crippen LogP contribution in [0.3, 0.4) is 0 Å². The quantitative estimate of drug-likeness (QED) is 0.780. The fourth-order valence-electron chi connectivity index (χ4n) is 2.65. The Hall–Kier alpha value is -0.470. The summed E-state index contributed by atoms with van der Waals surface area (Å²) in [4.78, 5) is 4.20. The Morgan fingerprint density at radius 1 is 1.33 bits per heavy atom. The van der Waals surface area contributed by atoms with Crippen LogP contribution < -0.4 is 4.72 Å². The van der Waals surface area contributed by atoms with Crippen LogP contribution in [0.4, 0.5) is 8.78 Å². The molecule has 2 unspecified atom stereocenters. The molecule has 4 nitrogen and oxygen atoms in total. The molecule has 8 heteroatoms. The van der Waals surface area contributed by atoms with Gasteiger partial charge in [-0.15, -0.1) is 4.72 Å². The zero-order valence-corrected chi connectivity index (χ0v) is 15.6. The summed E-state index contributed by atoms with van der Waals surface area (Å²) in [6, 6.07) is 2.30. The van der Waals surface area contributed by atoms with Crippen molar-refractivity contribution < 1.29 is 18.4 Å². The highest BCUT2D eigenvalue weighted by molar-refractivity contribution is 7.90. The van der Waals surface area contributed by atoms with Gasteiger partial charge in [-0.1, -0.05) is 11.6 Å². The van der Waals surface area contributed by atoms with Crippen LogP contribution >= 0.6 is 11.6 Å². The largest absolute Gasteiger partial charge is 0.598 e. The molecule has 1 aliphatic carbocycles. The Morgan fingerprint density at radius 2 is 1.92 bits per heavy atom. The Balaban J connectivity index is 2.32. The SMILES string of the molecule is CC(C)(C)[S+]([O-])NC(c1cc(Cl)ccn1)C1(O)CCC(F)(F)CC1. The number of hydrogen-bond donors (Lipinski definition) is 2. The first-order chi connectivity index (χ1) is 10.9. The van der Waals surface area contributed by atoms with Crippen LogP contribution in [0, 0.1) is 0 Å². The van der Waals surface area contributed by atoms with Crippen molar-refractivity contribution in [3.63, 3.8) is 0 Å². The highest BCUT2D eigenvalue weighted by Gasteiger charge is 2.49. The topological polar surface area (TPSA) is 68.2 Å². The van der Waals surface area contributed by atoms with Crippen molar-refractivity contribution in [2.75, 3.05) is 0 Å². The summed E-state index contributed by atoms with van der Waals surface area (Å²) in [6.45, 7) is 5.37. The smallest absolute Gasteiger partial charge is 0.248 e. The highest BCUT2D eigenvalue weighted by Crippen LogP contribution is 2.44. The first kappa shape index (κ1) is 19.8. The van der Waals surface area contributed by atoms with Gasteiger partial charge in [0.1, 0.15) is 10.8 Å². The van der Waals surface area contributed by atoms with Gasteiger partial charge in [0, 0.05) is 35.4 Å². The molecule has 1 heterocycles. The van der Waals surface area contributed by atoms with Gasteiger partial charge in [0.25, 0.3) is 0 Å². The molecule has 1 aliphatic rings. The minimum atomic E-state index is -2.78. The van der Waals surface area contributed by atoms with Crippen molar-refractivity contribution in [3.05, 3.63) is 29.0 Å². The fraction of sp³-hybridized carbons (Fsp3) is 0.688. The summed E-state index contributed by atoms with van der Waals surface area (Å²) >= 11 is 4.50. The predicted octanol–water partition coefficient (Wildman–Crippen LogP) is 3.77. The molecule has 0 bridgehead atoms. The molecular weight excluding hydrogens is 358 g/mol. The molecule has 2 atom stereocenters. The Labute approximate surface area is 149 Å². The number of pyridine rings is 1. The van der Waals surface area contributed by atoms with E-state index >= 15 is 0 Å². The molecule has 24 heavy (non-hydrogen) atoms. The van der Waals surface area contributed by atoms with Crippen molar-refractivity contribution in [3.8, 4) is 0 Å². The molecule has 0 radical (unpaired) electrons. The van der Waals surface area contributed by atoms with E-state index in [0.29, 0.717) is 10.7 Å². The first-order valence-corrected chi connectivity index (χ1v) is 9.35. The van der Waals surface area contributed by atoms with Crippen molar-refractivity contribution in [2.24, 2.45) is 0 Å². The maximum atomic E-state index is 13.5. The monoisotopic (exact) mass is 380 g/mol. The van der Waals surface area contributed by atoms with E-state index in [1.165, 1.54) is 6.20 Å². The third kappa shape index (κ3) is 4.79. The van der Waals surface area contributed by atoms with Gasteiger partial charge < -0.3 is 9.66 Å². The zero-order valence-electron chi connectivity index (χ0n) is 14.0. The van der Waals surface area contributed by atoms with Crippen molar-refractivity contribution >= 4 is 23.0 Å². The van der Waals surface area contributed by atoms with E-state index in [1.54, 1.807) is 32.9 Å².